The summed E-state index contributed by atoms with van der Waals surface area (Å²) in [5, 5.41) is 10.3. The second-order valence-corrected chi connectivity index (χ2v) is 6.08. The van der Waals surface area contributed by atoms with E-state index in [4.69, 9.17) is 11.6 Å². The van der Waals surface area contributed by atoms with Gasteiger partial charge in [0.2, 0.25) is 0 Å². The van der Waals surface area contributed by atoms with E-state index >= 15 is 0 Å². The largest absolute Gasteiger partial charge is 0.270 e. The van der Waals surface area contributed by atoms with Gasteiger partial charge in [0.1, 0.15) is 0 Å². The molecule has 0 aliphatic carbocycles. The van der Waals surface area contributed by atoms with E-state index in [-0.39, 0.29) is 0 Å². The molecule has 0 unspecified atom stereocenters. The molecule has 0 saturated heterocycles. The van der Waals surface area contributed by atoms with E-state index in [1.54, 1.807) is 11.8 Å². The maximum absolute atomic E-state index is 5.99. The zero-order chi connectivity index (χ0) is 14.7. The molecule has 0 radical (unpaired) electrons. The molecular weight excluding hydrogens is 302 g/mol. The van der Waals surface area contributed by atoms with Crippen LogP contribution in [0.5, 0.6) is 0 Å². The van der Waals surface area contributed by atoms with Gasteiger partial charge in [-0.3, -0.25) is 4.57 Å². The van der Waals surface area contributed by atoms with E-state index in [0.29, 0.717) is 0 Å². The highest BCUT2D eigenvalue weighted by Crippen LogP contribution is 2.28. The molecule has 0 N–H and O–H groups in total. The first kappa shape index (κ1) is 14.2. The standard InChI is InChI=1S/C16H14ClN3S/c1-2-21-16-19-18-15(12-6-4-3-5-7-12)20(16)14-10-8-13(17)9-11-14/h3-11H,2H2,1H3. The third-order valence-electron chi connectivity index (χ3n) is 3.02. The predicted molar refractivity (Wildman–Crippen MR) is 88.2 cm³/mol. The molecule has 1 heterocycles. The van der Waals surface area contributed by atoms with Gasteiger partial charge in [-0.05, 0) is 30.0 Å². The van der Waals surface area contributed by atoms with E-state index in [9.17, 15) is 0 Å². The minimum Gasteiger partial charge on any atom is -0.270 e. The van der Waals surface area contributed by atoms with Crippen LogP contribution in [-0.4, -0.2) is 20.5 Å². The molecule has 0 fully saturated rings. The molecule has 106 valence electrons. The summed E-state index contributed by atoms with van der Waals surface area (Å²) in [6.07, 6.45) is 0. The molecule has 3 nitrogen and oxygen atoms in total. The molecule has 2 aromatic carbocycles. The minimum atomic E-state index is 0.720. The summed E-state index contributed by atoms with van der Waals surface area (Å²) in [6, 6.07) is 17.8. The molecule has 0 atom stereocenters. The van der Waals surface area contributed by atoms with Gasteiger partial charge in [-0.1, -0.05) is 60.6 Å². The van der Waals surface area contributed by atoms with Gasteiger partial charge in [0, 0.05) is 16.3 Å². The Morgan fingerprint density at radius 1 is 1.00 bits per heavy atom. The maximum Gasteiger partial charge on any atom is 0.196 e. The van der Waals surface area contributed by atoms with Crippen molar-refractivity contribution < 1.29 is 0 Å². The second kappa shape index (κ2) is 6.33. The van der Waals surface area contributed by atoms with Gasteiger partial charge in [0.05, 0.1) is 0 Å². The first-order chi connectivity index (χ1) is 10.3. The summed E-state index contributed by atoms with van der Waals surface area (Å²) in [5.74, 6) is 1.79. The van der Waals surface area contributed by atoms with Crippen LogP contribution < -0.4 is 0 Å². The summed E-state index contributed by atoms with van der Waals surface area (Å²) >= 11 is 7.66. The number of benzene rings is 2. The Labute approximate surface area is 133 Å². The van der Waals surface area contributed by atoms with Crippen LogP contribution in [0.4, 0.5) is 0 Å². The maximum atomic E-state index is 5.99. The quantitative estimate of drug-likeness (QED) is 0.654. The van der Waals surface area contributed by atoms with E-state index in [2.05, 4.69) is 21.7 Å². The van der Waals surface area contributed by atoms with Crippen LogP contribution in [0.1, 0.15) is 6.92 Å². The van der Waals surface area contributed by atoms with Gasteiger partial charge in [-0.15, -0.1) is 10.2 Å². The van der Waals surface area contributed by atoms with Crippen molar-refractivity contribution in [1.29, 1.82) is 0 Å². The first-order valence-corrected chi connectivity index (χ1v) is 8.05. The van der Waals surface area contributed by atoms with Crippen molar-refractivity contribution in [3.8, 4) is 17.1 Å². The molecule has 21 heavy (non-hydrogen) atoms. The Hall–Kier alpha value is -1.78. The van der Waals surface area contributed by atoms with Crippen LogP contribution >= 0.6 is 23.4 Å². The van der Waals surface area contributed by atoms with E-state index in [0.717, 1.165) is 33.0 Å². The average Bonchev–Trinajstić information content (AvgIpc) is 2.93. The molecule has 0 bridgehead atoms. The number of nitrogens with zero attached hydrogens (tertiary/aromatic N) is 3. The number of rotatable bonds is 4. The number of aromatic nitrogens is 3. The van der Waals surface area contributed by atoms with Crippen molar-refractivity contribution in [1.82, 2.24) is 14.8 Å². The zero-order valence-electron chi connectivity index (χ0n) is 11.5. The SMILES string of the molecule is CCSc1nnc(-c2ccccc2)n1-c1ccc(Cl)cc1. The third-order valence-corrected chi connectivity index (χ3v) is 4.09. The summed E-state index contributed by atoms with van der Waals surface area (Å²) in [5.41, 5.74) is 2.06. The van der Waals surface area contributed by atoms with Crippen molar-refractivity contribution in [2.45, 2.75) is 12.1 Å². The molecule has 5 heteroatoms. The molecule has 0 saturated carbocycles. The summed E-state index contributed by atoms with van der Waals surface area (Å²) in [4.78, 5) is 0. The Kier molecular flexibility index (Phi) is 4.27. The number of halogens is 1. The highest BCUT2D eigenvalue weighted by Gasteiger charge is 2.15. The average molecular weight is 316 g/mol. The highest BCUT2D eigenvalue weighted by atomic mass is 35.5. The van der Waals surface area contributed by atoms with E-state index < -0.39 is 0 Å². The van der Waals surface area contributed by atoms with E-state index in [1.807, 2.05) is 54.6 Å². The van der Waals surface area contributed by atoms with Crippen LogP contribution in [0.15, 0.2) is 59.8 Å². The van der Waals surface area contributed by atoms with Crippen LogP contribution in [0.2, 0.25) is 5.02 Å². The smallest absolute Gasteiger partial charge is 0.196 e. The van der Waals surface area contributed by atoms with Gasteiger partial charge < -0.3 is 0 Å². The molecule has 0 aliphatic heterocycles. The Balaban J connectivity index is 2.16. The van der Waals surface area contributed by atoms with Crippen LogP contribution in [0.3, 0.4) is 0 Å². The summed E-state index contributed by atoms with van der Waals surface area (Å²) in [7, 11) is 0. The van der Waals surface area contributed by atoms with Crippen LogP contribution in [0.25, 0.3) is 17.1 Å². The monoisotopic (exact) mass is 315 g/mol. The molecule has 1 aromatic heterocycles. The topological polar surface area (TPSA) is 30.7 Å². The lowest BCUT2D eigenvalue weighted by Gasteiger charge is -2.10. The third kappa shape index (κ3) is 2.96. The van der Waals surface area contributed by atoms with Crippen molar-refractivity contribution >= 4 is 23.4 Å². The number of hydrogen-bond acceptors (Lipinski definition) is 3. The fraction of sp³-hybridized carbons (Fsp3) is 0.125. The minimum absolute atomic E-state index is 0.720. The van der Waals surface area contributed by atoms with Crippen LogP contribution in [0, 0.1) is 0 Å². The molecule has 3 rings (SSSR count). The summed E-state index contributed by atoms with van der Waals surface area (Å²) in [6.45, 7) is 2.10. The number of hydrogen-bond donors (Lipinski definition) is 0. The molecule has 0 spiro atoms. The van der Waals surface area contributed by atoms with Gasteiger partial charge in [-0.25, -0.2) is 0 Å². The first-order valence-electron chi connectivity index (χ1n) is 6.69. The highest BCUT2D eigenvalue weighted by molar-refractivity contribution is 7.99. The molecular formula is C16H14ClN3S. The van der Waals surface area contributed by atoms with Gasteiger partial charge in [-0.2, -0.15) is 0 Å². The Bertz CT molecular complexity index is 723. The van der Waals surface area contributed by atoms with Gasteiger partial charge in [0.15, 0.2) is 11.0 Å². The Morgan fingerprint density at radius 3 is 2.38 bits per heavy atom. The lowest BCUT2D eigenvalue weighted by Crippen LogP contribution is -1.99. The molecule has 0 aliphatic rings. The van der Waals surface area contributed by atoms with Crippen molar-refractivity contribution in [3.05, 3.63) is 59.6 Å². The molecule has 0 amide bonds. The van der Waals surface area contributed by atoms with Crippen molar-refractivity contribution in [2.24, 2.45) is 0 Å². The fourth-order valence-electron chi connectivity index (χ4n) is 2.09. The fourth-order valence-corrected chi connectivity index (χ4v) is 2.89. The van der Waals surface area contributed by atoms with Gasteiger partial charge in [0.25, 0.3) is 0 Å². The predicted octanol–water partition coefficient (Wildman–Crippen LogP) is 4.70. The lowest BCUT2D eigenvalue weighted by molar-refractivity contribution is 0.887. The van der Waals surface area contributed by atoms with Crippen molar-refractivity contribution in [2.75, 3.05) is 5.75 Å². The van der Waals surface area contributed by atoms with E-state index in [1.165, 1.54) is 0 Å². The van der Waals surface area contributed by atoms with Gasteiger partial charge >= 0.3 is 0 Å². The lowest BCUT2D eigenvalue weighted by atomic mass is 10.2. The van der Waals surface area contributed by atoms with Crippen molar-refractivity contribution in [3.63, 3.8) is 0 Å². The van der Waals surface area contributed by atoms with Crippen LogP contribution in [-0.2, 0) is 0 Å². The second-order valence-electron chi connectivity index (χ2n) is 4.42. The normalized spacial score (nSPS) is 10.8. The summed E-state index contributed by atoms with van der Waals surface area (Å²) < 4.78 is 2.07. The number of thioether (sulfide) groups is 1. The molecule has 3 aromatic rings. The zero-order valence-corrected chi connectivity index (χ0v) is 13.1. The Morgan fingerprint density at radius 2 is 1.71 bits per heavy atom.